The SMILES string of the molecule is CCCCC(C)NC1=NC(C)CS1. The Morgan fingerprint density at radius 2 is 2.46 bits per heavy atom. The van der Waals surface area contributed by atoms with Gasteiger partial charge in [0.15, 0.2) is 5.17 Å². The fraction of sp³-hybridized carbons (Fsp3) is 0.900. The Morgan fingerprint density at radius 3 is 3.00 bits per heavy atom. The Kier molecular flexibility index (Phi) is 4.64. The first kappa shape index (κ1) is 10.9. The van der Waals surface area contributed by atoms with Crippen LogP contribution in [0.2, 0.25) is 0 Å². The van der Waals surface area contributed by atoms with Gasteiger partial charge in [-0.05, 0) is 20.3 Å². The van der Waals surface area contributed by atoms with Gasteiger partial charge < -0.3 is 5.32 Å². The zero-order valence-corrected chi connectivity index (χ0v) is 9.66. The minimum atomic E-state index is 0.505. The molecule has 0 radical (unpaired) electrons. The largest absolute Gasteiger partial charge is 0.362 e. The lowest BCUT2D eigenvalue weighted by molar-refractivity contribution is 0.572. The Hall–Kier alpha value is -0.180. The van der Waals surface area contributed by atoms with E-state index in [-0.39, 0.29) is 0 Å². The van der Waals surface area contributed by atoms with Gasteiger partial charge in [-0.1, -0.05) is 31.5 Å². The zero-order chi connectivity index (χ0) is 9.68. The van der Waals surface area contributed by atoms with Crippen molar-refractivity contribution in [1.82, 2.24) is 5.32 Å². The number of aliphatic imine (C=N–C) groups is 1. The molecule has 1 aliphatic rings. The fourth-order valence-electron chi connectivity index (χ4n) is 1.35. The number of rotatable bonds is 4. The molecule has 0 aliphatic carbocycles. The van der Waals surface area contributed by atoms with Crippen molar-refractivity contribution in [3.8, 4) is 0 Å². The van der Waals surface area contributed by atoms with Gasteiger partial charge >= 0.3 is 0 Å². The molecule has 13 heavy (non-hydrogen) atoms. The average molecular weight is 200 g/mol. The van der Waals surface area contributed by atoms with Crippen LogP contribution in [0.3, 0.4) is 0 Å². The Bertz CT molecular complexity index is 180. The maximum atomic E-state index is 4.51. The molecule has 3 heteroatoms. The molecule has 0 spiro atoms. The highest BCUT2D eigenvalue weighted by Crippen LogP contribution is 2.16. The van der Waals surface area contributed by atoms with Crippen molar-refractivity contribution >= 4 is 16.9 Å². The van der Waals surface area contributed by atoms with E-state index < -0.39 is 0 Å². The molecule has 0 aromatic heterocycles. The third-order valence-electron chi connectivity index (χ3n) is 2.16. The molecule has 76 valence electrons. The third kappa shape index (κ3) is 4.03. The van der Waals surface area contributed by atoms with Crippen LogP contribution in [0.25, 0.3) is 0 Å². The normalized spacial score (nSPS) is 24.2. The maximum absolute atomic E-state index is 4.51. The summed E-state index contributed by atoms with van der Waals surface area (Å²) in [4.78, 5) is 4.51. The summed E-state index contributed by atoms with van der Waals surface area (Å²) in [7, 11) is 0. The van der Waals surface area contributed by atoms with E-state index in [0.717, 1.165) is 10.9 Å². The fourth-order valence-corrected chi connectivity index (χ4v) is 2.36. The second-order valence-corrected chi connectivity index (χ2v) is 4.79. The molecule has 0 bridgehead atoms. The number of nitrogens with zero attached hydrogens (tertiary/aromatic N) is 1. The summed E-state index contributed by atoms with van der Waals surface area (Å²) in [5, 5.41) is 4.61. The molecule has 1 rings (SSSR count). The van der Waals surface area contributed by atoms with Crippen LogP contribution in [0, 0.1) is 0 Å². The number of unbranched alkanes of at least 4 members (excludes halogenated alkanes) is 1. The molecule has 0 saturated carbocycles. The van der Waals surface area contributed by atoms with Crippen LogP contribution in [-0.4, -0.2) is 23.0 Å². The van der Waals surface area contributed by atoms with Gasteiger partial charge in [-0.15, -0.1) is 0 Å². The highest BCUT2D eigenvalue weighted by atomic mass is 32.2. The van der Waals surface area contributed by atoms with E-state index in [1.807, 2.05) is 11.8 Å². The molecule has 1 heterocycles. The number of hydrogen-bond donors (Lipinski definition) is 1. The summed E-state index contributed by atoms with van der Waals surface area (Å²) in [5.74, 6) is 1.14. The summed E-state index contributed by atoms with van der Waals surface area (Å²) in [6.07, 6.45) is 3.84. The highest BCUT2D eigenvalue weighted by Gasteiger charge is 2.14. The Morgan fingerprint density at radius 1 is 1.69 bits per heavy atom. The first-order valence-corrected chi connectivity index (χ1v) is 6.18. The second-order valence-electron chi connectivity index (χ2n) is 3.78. The van der Waals surface area contributed by atoms with E-state index in [2.05, 4.69) is 31.1 Å². The highest BCUT2D eigenvalue weighted by molar-refractivity contribution is 8.14. The van der Waals surface area contributed by atoms with Crippen molar-refractivity contribution in [2.75, 3.05) is 5.75 Å². The van der Waals surface area contributed by atoms with E-state index in [0.29, 0.717) is 12.1 Å². The van der Waals surface area contributed by atoms with Gasteiger partial charge in [0.25, 0.3) is 0 Å². The Labute approximate surface area is 85.6 Å². The van der Waals surface area contributed by atoms with Crippen molar-refractivity contribution in [2.24, 2.45) is 4.99 Å². The van der Waals surface area contributed by atoms with Crippen LogP contribution < -0.4 is 5.32 Å². The molecule has 0 aromatic carbocycles. The monoisotopic (exact) mass is 200 g/mol. The van der Waals surface area contributed by atoms with Gasteiger partial charge in [0.2, 0.25) is 0 Å². The summed E-state index contributed by atoms with van der Waals surface area (Å²) in [6.45, 7) is 6.64. The molecule has 2 atom stereocenters. The lowest BCUT2D eigenvalue weighted by Crippen LogP contribution is -2.29. The number of nitrogens with one attached hydrogen (secondary N) is 1. The molecule has 2 nitrogen and oxygen atoms in total. The number of amidine groups is 1. The van der Waals surface area contributed by atoms with E-state index in [9.17, 15) is 0 Å². The van der Waals surface area contributed by atoms with Crippen LogP contribution in [0.5, 0.6) is 0 Å². The van der Waals surface area contributed by atoms with E-state index >= 15 is 0 Å². The van der Waals surface area contributed by atoms with Crippen LogP contribution >= 0.6 is 11.8 Å². The molecule has 0 fully saturated rings. The predicted molar refractivity (Wildman–Crippen MR) is 61.5 cm³/mol. The summed E-state index contributed by atoms with van der Waals surface area (Å²) in [5.41, 5.74) is 0. The van der Waals surface area contributed by atoms with E-state index in [1.54, 1.807) is 0 Å². The first-order chi connectivity index (χ1) is 6.22. The van der Waals surface area contributed by atoms with Crippen molar-refractivity contribution in [3.05, 3.63) is 0 Å². The van der Waals surface area contributed by atoms with Crippen molar-refractivity contribution in [2.45, 2.75) is 52.1 Å². The molecule has 1 N–H and O–H groups in total. The van der Waals surface area contributed by atoms with E-state index in [1.165, 1.54) is 19.3 Å². The van der Waals surface area contributed by atoms with Crippen molar-refractivity contribution < 1.29 is 0 Å². The molecule has 0 saturated heterocycles. The lowest BCUT2D eigenvalue weighted by atomic mass is 10.1. The van der Waals surface area contributed by atoms with Crippen LogP contribution in [0.4, 0.5) is 0 Å². The Balaban J connectivity index is 2.20. The quantitative estimate of drug-likeness (QED) is 0.754. The average Bonchev–Trinajstić information content (AvgIpc) is 2.48. The predicted octanol–water partition coefficient (Wildman–Crippen LogP) is 2.65. The second kappa shape index (κ2) is 5.53. The number of thioether (sulfide) groups is 1. The number of hydrogen-bond acceptors (Lipinski definition) is 3. The summed E-state index contributed by atoms with van der Waals surface area (Å²) >= 11 is 1.85. The minimum absolute atomic E-state index is 0.505. The van der Waals surface area contributed by atoms with Crippen LogP contribution in [0.1, 0.15) is 40.0 Å². The summed E-state index contributed by atoms with van der Waals surface area (Å²) in [6, 6.07) is 1.09. The maximum Gasteiger partial charge on any atom is 0.157 e. The molecule has 2 unspecified atom stereocenters. The molecular formula is C10H20N2S. The molecule has 0 amide bonds. The van der Waals surface area contributed by atoms with Crippen molar-refractivity contribution in [1.29, 1.82) is 0 Å². The molecular weight excluding hydrogens is 180 g/mol. The van der Waals surface area contributed by atoms with E-state index in [4.69, 9.17) is 0 Å². The van der Waals surface area contributed by atoms with Gasteiger partial charge in [0.1, 0.15) is 0 Å². The first-order valence-electron chi connectivity index (χ1n) is 5.19. The standard InChI is InChI=1S/C10H20N2S/c1-4-5-6-8(2)11-10-12-9(3)7-13-10/h8-9H,4-7H2,1-3H3,(H,11,12). The van der Waals surface area contributed by atoms with Gasteiger partial charge in [-0.2, -0.15) is 0 Å². The minimum Gasteiger partial charge on any atom is -0.362 e. The van der Waals surface area contributed by atoms with Gasteiger partial charge in [-0.25, -0.2) is 0 Å². The molecule has 0 aromatic rings. The molecule has 1 aliphatic heterocycles. The van der Waals surface area contributed by atoms with Gasteiger partial charge in [0, 0.05) is 11.8 Å². The van der Waals surface area contributed by atoms with Crippen LogP contribution in [-0.2, 0) is 0 Å². The zero-order valence-electron chi connectivity index (χ0n) is 8.84. The topological polar surface area (TPSA) is 24.4 Å². The lowest BCUT2D eigenvalue weighted by Gasteiger charge is -2.13. The van der Waals surface area contributed by atoms with Crippen LogP contribution in [0.15, 0.2) is 4.99 Å². The summed E-state index contributed by atoms with van der Waals surface area (Å²) < 4.78 is 0. The van der Waals surface area contributed by atoms with Gasteiger partial charge in [-0.3, -0.25) is 4.99 Å². The van der Waals surface area contributed by atoms with Gasteiger partial charge in [0.05, 0.1) is 6.04 Å². The van der Waals surface area contributed by atoms with Crippen molar-refractivity contribution in [3.63, 3.8) is 0 Å². The smallest absolute Gasteiger partial charge is 0.157 e. The third-order valence-corrected chi connectivity index (χ3v) is 3.31.